The number of nitrogens with zero attached hydrogens (tertiary/aromatic N) is 1. The van der Waals surface area contributed by atoms with Crippen LogP contribution in [0.5, 0.6) is 0 Å². The summed E-state index contributed by atoms with van der Waals surface area (Å²) in [7, 11) is 0. The highest BCUT2D eigenvalue weighted by molar-refractivity contribution is 6.23. The first-order valence-corrected chi connectivity index (χ1v) is 10.1. The Morgan fingerprint density at radius 3 is 2.16 bits per heavy atom. The Kier molecular flexibility index (Phi) is 6.56. The SMILES string of the molecule is CC(C)N(CCCc1ccc(C2CC2Cl)cc1)CCc1ccccc1. The van der Waals surface area contributed by atoms with Crippen molar-refractivity contribution >= 4 is 11.6 Å². The van der Waals surface area contributed by atoms with Gasteiger partial charge in [-0.15, -0.1) is 11.6 Å². The summed E-state index contributed by atoms with van der Waals surface area (Å²) in [4.78, 5) is 2.60. The van der Waals surface area contributed by atoms with E-state index in [0.29, 0.717) is 17.3 Å². The Morgan fingerprint density at radius 2 is 1.56 bits per heavy atom. The zero-order chi connectivity index (χ0) is 17.6. The number of benzene rings is 2. The molecule has 25 heavy (non-hydrogen) atoms. The molecule has 0 spiro atoms. The topological polar surface area (TPSA) is 3.24 Å². The Morgan fingerprint density at radius 1 is 0.920 bits per heavy atom. The molecule has 0 N–H and O–H groups in total. The van der Waals surface area contributed by atoms with Crippen molar-refractivity contribution in [2.75, 3.05) is 13.1 Å². The third kappa shape index (κ3) is 5.59. The van der Waals surface area contributed by atoms with E-state index >= 15 is 0 Å². The predicted molar refractivity (Wildman–Crippen MR) is 109 cm³/mol. The lowest BCUT2D eigenvalue weighted by Gasteiger charge is -2.26. The van der Waals surface area contributed by atoms with E-state index in [2.05, 4.69) is 73.3 Å². The van der Waals surface area contributed by atoms with Gasteiger partial charge in [0, 0.05) is 23.9 Å². The first kappa shape index (κ1) is 18.5. The van der Waals surface area contributed by atoms with E-state index in [-0.39, 0.29) is 0 Å². The van der Waals surface area contributed by atoms with Crippen LogP contribution in [0.1, 0.15) is 49.3 Å². The van der Waals surface area contributed by atoms with Gasteiger partial charge in [0.25, 0.3) is 0 Å². The number of aryl methyl sites for hydroxylation is 1. The molecule has 0 amide bonds. The lowest BCUT2D eigenvalue weighted by Crippen LogP contribution is -2.34. The quantitative estimate of drug-likeness (QED) is 0.524. The molecular formula is C23H30ClN. The molecule has 0 bridgehead atoms. The van der Waals surface area contributed by atoms with Crippen molar-refractivity contribution in [1.82, 2.24) is 4.90 Å². The maximum absolute atomic E-state index is 6.14. The van der Waals surface area contributed by atoms with E-state index in [1.54, 1.807) is 0 Å². The number of hydrogen-bond donors (Lipinski definition) is 0. The van der Waals surface area contributed by atoms with Gasteiger partial charge in [0.2, 0.25) is 0 Å². The van der Waals surface area contributed by atoms with Crippen molar-refractivity contribution in [3.05, 3.63) is 71.3 Å². The molecule has 0 aliphatic heterocycles. The molecule has 0 aromatic heterocycles. The molecule has 0 heterocycles. The summed E-state index contributed by atoms with van der Waals surface area (Å²) >= 11 is 6.14. The van der Waals surface area contributed by atoms with Crippen LogP contribution in [-0.4, -0.2) is 29.4 Å². The van der Waals surface area contributed by atoms with Gasteiger partial charge in [0.05, 0.1) is 0 Å². The summed E-state index contributed by atoms with van der Waals surface area (Å²) < 4.78 is 0. The van der Waals surface area contributed by atoms with Crippen LogP contribution < -0.4 is 0 Å². The lowest BCUT2D eigenvalue weighted by atomic mass is 10.0. The predicted octanol–water partition coefficient (Wildman–Crippen LogP) is 5.67. The summed E-state index contributed by atoms with van der Waals surface area (Å²) in [6.07, 6.45) is 4.65. The van der Waals surface area contributed by atoms with Gasteiger partial charge in [-0.1, -0.05) is 54.6 Å². The molecular weight excluding hydrogens is 326 g/mol. The van der Waals surface area contributed by atoms with E-state index in [1.165, 1.54) is 29.7 Å². The second-order valence-corrected chi connectivity index (χ2v) is 8.13. The van der Waals surface area contributed by atoms with Gasteiger partial charge >= 0.3 is 0 Å². The molecule has 0 saturated heterocycles. The monoisotopic (exact) mass is 355 g/mol. The zero-order valence-electron chi connectivity index (χ0n) is 15.5. The molecule has 2 aromatic carbocycles. The third-order valence-electron chi connectivity index (χ3n) is 5.29. The molecule has 134 valence electrons. The van der Waals surface area contributed by atoms with Crippen LogP contribution in [0.2, 0.25) is 0 Å². The van der Waals surface area contributed by atoms with E-state index in [9.17, 15) is 0 Å². The minimum Gasteiger partial charge on any atom is -0.301 e. The molecule has 2 atom stereocenters. The summed E-state index contributed by atoms with van der Waals surface area (Å²) in [5.74, 6) is 0.602. The molecule has 2 unspecified atom stereocenters. The second kappa shape index (κ2) is 8.87. The van der Waals surface area contributed by atoms with Gasteiger partial charge in [0.15, 0.2) is 0 Å². The molecule has 1 fully saturated rings. The largest absolute Gasteiger partial charge is 0.301 e. The van der Waals surface area contributed by atoms with Crippen LogP contribution in [-0.2, 0) is 12.8 Å². The van der Waals surface area contributed by atoms with Crippen LogP contribution in [0, 0.1) is 0 Å². The third-order valence-corrected chi connectivity index (χ3v) is 5.77. The van der Waals surface area contributed by atoms with Crippen LogP contribution in [0.25, 0.3) is 0 Å². The minimum absolute atomic E-state index is 0.370. The van der Waals surface area contributed by atoms with Crippen molar-refractivity contribution in [2.45, 2.75) is 56.9 Å². The van der Waals surface area contributed by atoms with Gasteiger partial charge in [-0.3, -0.25) is 0 Å². The van der Waals surface area contributed by atoms with Crippen LogP contribution >= 0.6 is 11.6 Å². The normalized spacial score (nSPS) is 19.6. The fourth-order valence-corrected chi connectivity index (χ4v) is 3.81. The number of hydrogen-bond acceptors (Lipinski definition) is 1. The van der Waals surface area contributed by atoms with Crippen molar-refractivity contribution in [3.63, 3.8) is 0 Å². The average Bonchev–Trinajstić information content (AvgIpc) is 3.36. The standard InChI is InChI=1S/C23H30ClN/c1-18(2)25(16-14-19-7-4-3-5-8-19)15-6-9-20-10-12-21(13-11-20)22-17-23(22)24/h3-5,7-8,10-13,18,22-23H,6,9,14-17H2,1-2H3. The van der Waals surface area contributed by atoms with E-state index in [0.717, 1.165) is 25.8 Å². The fraction of sp³-hybridized carbons (Fsp3) is 0.478. The molecule has 2 aromatic rings. The maximum Gasteiger partial charge on any atom is 0.0411 e. The van der Waals surface area contributed by atoms with Gasteiger partial charge in [0.1, 0.15) is 0 Å². The molecule has 1 aliphatic rings. The number of rotatable bonds is 9. The Labute approximate surface area is 158 Å². The van der Waals surface area contributed by atoms with Gasteiger partial charge in [-0.05, 0) is 62.8 Å². The average molecular weight is 356 g/mol. The number of alkyl halides is 1. The highest BCUT2D eigenvalue weighted by Gasteiger charge is 2.36. The smallest absolute Gasteiger partial charge is 0.0411 e. The Hall–Kier alpha value is -1.31. The molecule has 3 rings (SSSR count). The van der Waals surface area contributed by atoms with Crippen molar-refractivity contribution in [1.29, 1.82) is 0 Å². The zero-order valence-corrected chi connectivity index (χ0v) is 16.3. The van der Waals surface area contributed by atoms with Gasteiger partial charge < -0.3 is 4.90 Å². The first-order valence-electron chi connectivity index (χ1n) is 9.64. The fourth-order valence-electron chi connectivity index (χ4n) is 3.47. The Balaban J connectivity index is 1.43. The Bertz CT molecular complexity index is 635. The highest BCUT2D eigenvalue weighted by Crippen LogP contribution is 2.45. The van der Waals surface area contributed by atoms with E-state index in [4.69, 9.17) is 11.6 Å². The van der Waals surface area contributed by atoms with Crippen LogP contribution in [0.4, 0.5) is 0 Å². The van der Waals surface area contributed by atoms with Crippen LogP contribution in [0.15, 0.2) is 54.6 Å². The number of halogens is 1. The summed E-state index contributed by atoms with van der Waals surface area (Å²) in [5.41, 5.74) is 4.29. The van der Waals surface area contributed by atoms with Crippen molar-refractivity contribution in [2.24, 2.45) is 0 Å². The lowest BCUT2D eigenvalue weighted by molar-refractivity contribution is 0.222. The highest BCUT2D eigenvalue weighted by atomic mass is 35.5. The molecule has 0 radical (unpaired) electrons. The maximum atomic E-state index is 6.14. The first-order chi connectivity index (χ1) is 12.1. The van der Waals surface area contributed by atoms with Crippen molar-refractivity contribution < 1.29 is 0 Å². The van der Waals surface area contributed by atoms with Crippen LogP contribution in [0.3, 0.4) is 0 Å². The second-order valence-electron chi connectivity index (χ2n) is 7.57. The molecule has 1 aliphatic carbocycles. The summed E-state index contributed by atoms with van der Waals surface area (Å²) in [6.45, 7) is 6.91. The van der Waals surface area contributed by atoms with Gasteiger partial charge in [-0.2, -0.15) is 0 Å². The molecule has 1 saturated carbocycles. The summed E-state index contributed by atoms with van der Waals surface area (Å²) in [6, 6.07) is 20.5. The summed E-state index contributed by atoms with van der Waals surface area (Å²) in [5, 5.41) is 0.370. The molecule has 1 nitrogen and oxygen atoms in total. The van der Waals surface area contributed by atoms with E-state index < -0.39 is 0 Å². The van der Waals surface area contributed by atoms with Crippen molar-refractivity contribution in [3.8, 4) is 0 Å². The van der Waals surface area contributed by atoms with E-state index in [1.807, 2.05) is 0 Å². The molecule has 2 heteroatoms. The van der Waals surface area contributed by atoms with Gasteiger partial charge in [-0.25, -0.2) is 0 Å². The minimum atomic E-state index is 0.370.